The zero-order valence-electron chi connectivity index (χ0n) is 19.4. The van der Waals surface area contributed by atoms with Crippen LogP contribution in [0.25, 0.3) is 5.57 Å². The van der Waals surface area contributed by atoms with E-state index < -0.39 is 11.6 Å². The number of carbonyl (C=O) groups is 1. The SMILES string of the molecule is O=C(O)c1ccc2c(c1)/C(=C/CCN1CCC(O)(c3ccc(Cl)cc3)CC1)C1C=CC=NC1CO2. The quantitative estimate of drug-likeness (QED) is 0.625. The molecule has 2 unspecified atom stereocenters. The number of hydrogen-bond acceptors (Lipinski definition) is 5. The number of hydrogen-bond donors (Lipinski definition) is 2. The smallest absolute Gasteiger partial charge is 0.335 e. The first-order valence-corrected chi connectivity index (χ1v) is 12.4. The molecule has 0 amide bonds. The third kappa shape index (κ3) is 5.06. The number of nitrogens with zero attached hydrogens (tertiary/aromatic N) is 2. The normalized spacial score (nSPS) is 24.3. The molecular weight excluding hydrogens is 464 g/mol. The van der Waals surface area contributed by atoms with Crippen molar-refractivity contribution in [3.8, 4) is 5.75 Å². The van der Waals surface area contributed by atoms with Crippen molar-refractivity contribution in [1.29, 1.82) is 0 Å². The molecule has 5 rings (SSSR count). The Bertz CT molecular complexity index is 1180. The Morgan fingerprint density at radius 3 is 2.71 bits per heavy atom. The molecule has 182 valence electrons. The predicted octanol–water partition coefficient (Wildman–Crippen LogP) is 4.81. The van der Waals surface area contributed by atoms with Gasteiger partial charge in [0.2, 0.25) is 0 Å². The Labute approximate surface area is 210 Å². The Hall–Kier alpha value is -2.93. The molecule has 0 bridgehead atoms. The maximum atomic E-state index is 11.6. The molecule has 3 aliphatic rings. The van der Waals surface area contributed by atoms with Crippen LogP contribution in [0.3, 0.4) is 0 Å². The third-order valence-electron chi connectivity index (χ3n) is 7.28. The highest BCUT2D eigenvalue weighted by molar-refractivity contribution is 6.30. The molecule has 3 heterocycles. The zero-order valence-corrected chi connectivity index (χ0v) is 20.2. The van der Waals surface area contributed by atoms with Gasteiger partial charge in [-0.1, -0.05) is 35.9 Å². The molecule has 7 heteroatoms. The van der Waals surface area contributed by atoms with Gasteiger partial charge in [0.15, 0.2) is 0 Å². The molecule has 0 spiro atoms. The van der Waals surface area contributed by atoms with E-state index in [9.17, 15) is 15.0 Å². The number of benzene rings is 2. The number of aliphatic hydroxyl groups is 1. The molecule has 6 nitrogen and oxygen atoms in total. The summed E-state index contributed by atoms with van der Waals surface area (Å²) in [5.41, 5.74) is 2.24. The number of aliphatic imine (C=N–C) groups is 1. The van der Waals surface area contributed by atoms with Crippen LogP contribution in [0.15, 0.2) is 65.7 Å². The minimum atomic E-state index is -0.952. The summed E-state index contributed by atoms with van der Waals surface area (Å²) in [6.07, 6.45) is 10.2. The van der Waals surface area contributed by atoms with Gasteiger partial charge in [-0.2, -0.15) is 0 Å². The van der Waals surface area contributed by atoms with Crippen LogP contribution in [0.4, 0.5) is 0 Å². The predicted molar refractivity (Wildman–Crippen MR) is 137 cm³/mol. The summed E-state index contributed by atoms with van der Waals surface area (Å²) < 4.78 is 6.02. The van der Waals surface area contributed by atoms with Crippen LogP contribution in [0.2, 0.25) is 5.02 Å². The lowest BCUT2D eigenvalue weighted by atomic mass is 9.84. The number of halogens is 1. The van der Waals surface area contributed by atoms with Crippen molar-refractivity contribution in [1.82, 2.24) is 4.90 Å². The molecule has 0 saturated carbocycles. The first kappa shape index (κ1) is 23.8. The highest BCUT2D eigenvalue weighted by Crippen LogP contribution is 2.40. The number of carboxylic acids is 1. The van der Waals surface area contributed by atoms with Gasteiger partial charge in [0.05, 0.1) is 17.2 Å². The van der Waals surface area contributed by atoms with E-state index in [1.807, 2.05) is 30.3 Å². The first-order valence-electron chi connectivity index (χ1n) is 12.0. The second-order valence-electron chi connectivity index (χ2n) is 9.43. The van der Waals surface area contributed by atoms with Crippen molar-refractivity contribution in [2.75, 3.05) is 26.2 Å². The Balaban J connectivity index is 1.31. The number of aromatic carboxylic acids is 1. The van der Waals surface area contributed by atoms with Crippen LogP contribution in [-0.2, 0) is 5.60 Å². The highest BCUT2D eigenvalue weighted by atomic mass is 35.5. The monoisotopic (exact) mass is 492 g/mol. The summed E-state index contributed by atoms with van der Waals surface area (Å²) in [5.74, 6) is -0.210. The van der Waals surface area contributed by atoms with Crippen molar-refractivity contribution >= 4 is 29.4 Å². The number of carboxylic acid groups (broad SMARTS) is 1. The molecule has 2 atom stereocenters. The van der Waals surface area contributed by atoms with Crippen molar-refractivity contribution in [2.24, 2.45) is 10.9 Å². The van der Waals surface area contributed by atoms with Crippen LogP contribution in [0, 0.1) is 5.92 Å². The van der Waals surface area contributed by atoms with Crippen molar-refractivity contribution in [2.45, 2.75) is 30.9 Å². The largest absolute Gasteiger partial charge is 0.491 e. The average molecular weight is 493 g/mol. The Morgan fingerprint density at radius 1 is 1.20 bits per heavy atom. The number of piperidine rings is 1. The molecule has 1 saturated heterocycles. The number of rotatable bonds is 5. The van der Waals surface area contributed by atoms with E-state index in [1.54, 1.807) is 24.4 Å². The number of fused-ring (bicyclic) bond motifs is 2. The van der Waals surface area contributed by atoms with E-state index in [1.165, 1.54) is 0 Å². The third-order valence-corrected chi connectivity index (χ3v) is 7.53. The fourth-order valence-corrected chi connectivity index (χ4v) is 5.35. The van der Waals surface area contributed by atoms with E-state index in [0.717, 1.165) is 42.8 Å². The molecule has 1 fully saturated rings. The molecule has 35 heavy (non-hydrogen) atoms. The van der Waals surface area contributed by atoms with Crippen LogP contribution in [0.5, 0.6) is 5.75 Å². The molecule has 2 aromatic carbocycles. The minimum Gasteiger partial charge on any atom is -0.491 e. The lowest BCUT2D eigenvalue weighted by molar-refractivity contribution is -0.0254. The van der Waals surface area contributed by atoms with Gasteiger partial charge in [-0.15, -0.1) is 0 Å². The zero-order chi connectivity index (χ0) is 24.4. The summed E-state index contributed by atoms with van der Waals surface area (Å²) in [5, 5.41) is 21.4. The van der Waals surface area contributed by atoms with Gasteiger partial charge in [0, 0.05) is 42.4 Å². The van der Waals surface area contributed by atoms with E-state index in [4.69, 9.17) is 16.3 Å². The lowest BCUT2D eigenvalue weighted by Gasteiger charge is -2.38. The molecule has 0 aromatic heterocycles. The van der Waals surface area contributed by atoms with Gasteiger partial charge < -0.3 is 19.8 Å². The molecule has 3 aliphatic heterocycles. The molecule has 2 aromatic rings. The fourth-order valence-electron chi connectivity index (χ4n) is 5.22. The van der Waals surface area contributed by atoms with Gasteiger partial charge in [-0.25, -0.2) is 4.79 Å². The van der Waals surface area contributed by atoms with E-state index in [2.05, 4.69) is 22.0 Å². The van der Waals surface area contributed by atoms with Crippen molar-refractivity contribution in [3.05, 3.63) is 82.4 Å². The van der Waals surface area contributed by atoms with Gasteiger partial charge in [0.25, 0.3) is 0 Å². The fraction of sp³-hybridized carbons (Fsp3) is 0.357. The van der Waals surface area contributed by atoms with E-state index in [-0.39, 0.29) is 17.5 Å². The van der Waals surface area contributed by atoms with Gasteiger partial charge in [-0.05, 0) is 66.8 Å². The van der Waals surface area contributed by atoms with Crippen molar-refractivity contribution < 1.29 is 19.7 Å². The topological polar surface area (TPSA) is 82.4 Å². The Morgan fingerprint density at radius 2 is 1.97 bits per heavy atom. The standard InChI is InChI=1S/C28H29ClN2O4/c29-21-8-6-20(7-9-21)28(34)11-15-31(16-12-28)14-2-4-22-23-3-1-13-30-25(23)18-35-26-10-5-19(27(32)33)17-24(22)26/h1,3-10,13,17,23,25,34H,2,11-12,14-16,18H2,(H,32,33)/b22-4+. The van der Waals surface area contributed by atoms with Crippen LogP contribution >= 0.6 is 11.6 Å². The lowest BCUT2D eigenvalue weighted by Crippen LogP contribution is -2.42. The Kier molecular flexibility index (Phi) is 6.78. The molecule has 0 aliphatic carbocycles. The summed E-state index contributed by atoms with van der Waals surface area (Å²) >= 11 is 6.00. The number of ether oxygens (including phenoxy) is 1. The molecular formula is C28H29ClN2O4. The molecule has 2 N–H and O–H groups in total. The van der Waals surface area contributed by atoms with Gasteiger partial charge >= 0.3 is 5.97 Å². The van der Waals surface area contributed by atoms with E-state index >= 15 is 0 Å². The summed E-state index contributed by atoms with van der Waals surface area (Å²) in [4.78, 5) is 18.6. The second-order valence-corrected chi connectivity index (χ2v) is 9.87. The van der Waals surface area contributed by atoms with Crippen LogP contribution < -0.4 is 4.74 Å². The number of dihydropyridines is 1. The summed E-state index contributed by atoms with van der Waals surface area (Å²) in [6.45, 7) is 2.93. The second kappa shape index (κ2) is 9.97. The maximum absolute atomic E-state index is 11.6. The number of allylic oxidation sites excluding steroid dienone is 1. The van der Waals surface area contributed by atoms with E-state index in [0.29, 0.717) is 30.2 Å². The van der Waals surface area contributed by atoms with Crippen molar-refractivity contribution in [3.63, 3.8) is 0 Å². The van der Waals surface area contributed by atoms with Crippen LogP contribution in [-0.4, -0.2) is 59.6 Å². The summed E-state index contributed by atoms with van der Waals surface area (Å²) in [7, 11) is 0. The summed E-state index contributed by atoms with van der Waals surface area (Å²) in [6, 6.07) is 12.5. The minimum absolute atomic E-state index is 0.0312. The van der Waals surface area contributed by atoms with Gasteiger partial charge in [0.1, 0.15) is 12.4 Å². The maximum Gasteiger partial charge on any atom is 0.335 e. The highest BCUT2D eigenvalue weighted by Gasteiger charge is 2.34. The number of likely N-dealkylation sites (tertiary alicyclic amines) is 1. The van der Waals surface area contributed by atoms with Gasteiger partial charge in [-0.3, -0.25) is 4.99 Å². The first-order chi connectivity index (χ1) is 16.9. The molecule has 0 radical (unpaired) electrons. The average Bonchev–Trinajstić information content (AvgIpc) is 3.02. The van der Waals surface area contributed by atoms with Crippen LogP contribution in [0.1, 0.15) is 40.7 Å².